The lowest BCUT2D eigenvalue weighted by Gasteiger charge is -2.25. The Kier molecular flexibility index (Phi) is 4.91. The summed E-state index contributed by atoms with van der Waals surface area (Å²) in [7, 11) is -3.40. The molecule has 0 radical (unpaired) electrons. The van der Waals surface area contributed by atoms with Crippen LogP contribution in [0.2, 0.25) is 0 Å². The Hall–Kier alpha value is 1.35. The molecule has 0 heterocycles. The SMILES string of the molecule is O=S(=O)(NC1CCCCC1)C(Br)(Br)Br. The maximum absolute atomic E-state index is 11.7. The zero-order valence-corrected chi connectivity index (χ0v) is 13.0. The van der Waals surface area contributed by atoms with E-state index in [9.17, 15) is 8.42 Å². The summed E-state index contributed by atoms with van der Waals surface area (Å²) in [6.45, 7) is 0. The lowest BCUT2D eigenvalue weighted by molar-refractivity contribution is 0.412. The van der Waals surface area contributed by atoms with E-state index in [1.165, 1.54) is 6.42 Å². The monoisotopic (exact) mass is 411 g/mol. The Morgan fingerprint density at radius 1 is 1.07 bits per heavy atom. The van der Waals surface area contributed by atoms with E-state index in [1.54, 1.807) is 0 Å². The average Bonchev–Trinajstić information content (AvgIpc) is 2.03. The summed E-state index contributed by atoms with van der Waals surface area (Å²) in [4.78, 5) is 0. The molecule has 0 unspecified atom stereocenters. The highest BCUT2D eigenvalue weighted by molar-refractivity contribution is 9.42. The van der Waals surface area contributed by atoms with Gasteiger partial charge in [0.15, 0.2) is 0 Å². The molecule has 0 aliphatic heterocycles. The van der Waals surface area contributed by atoms with Crippen molar-refractivity contribution in [3.05, 3.63) is 0 Å². The molecule has 1 fully saturated rings. The van der Waals surface area contributed by atoms with E-state index in [2.05, 4.69) is 52.5 Å². The quantitative estimate of drug-likeness (QED) is 0.707. The molecule has 1 aliphatic rings. The minimum atomic E-state index is -3.40. The van der Waals surface area contributed by atoms with Crippen LogP contribution in [0.3, 0.4) is 0 Å². The van der Waals surface area contributed by atoms with Crippen molar-refractivity contribution in [1.29, 1.82) is 0 Å². The molecule has 3 nitrogen and oxygen atoms in total. The Balaban J connectivity index is 2.58. The molecule has 1 rings (SSSR count). The fraction of sp³-hybridized carbons (Fsp3) is 1.00. The Labute approximate surface area is 110 Å². The van der Waals surface area contributed by atoms with E-state index in [0.717, 1.165) is 25.7 Å². The fourth-order valence-electron chi connectivity index (χ4n) is 1.51. The van der Waals surface area contributed by atoms with E-state index in [1.807, 2.05) is 0 Å². The van der Waals surface area contributed by atoms with Crippen LogP contribution in [0.15, 0.2) is 0 Å². The topological polar surface area (TPSA) is 46.2 Å². The van der Waals surface area contributed by atoms with E-state index < -0.39 is 11.5 Å². The van der Waals surface area contributed by atoms with E-state index >= 15 is 0 Å². The largest absolute Gasteiger partial charge is 0.248 e. The molecular formula is C7H12Br3NO2S. The summed E-state index contributed by atoms with van der Waals surface area (Å²) in [5.74, 6) is 0. The van der Waals surface area contributed by atoms with Crippen LogP contribution < -0.4 is 4.72 Å². The van der Waals surface area contributed by atoms with E-state index in [4.69, 9.17) is 0 Å². The maximum atomic E-state index is 11.7. The van der Waals surface area contributed by atoms with Gasteiger partial charge in [0.1, 0.15) is 0 Å². The summed E-state index contributed by atoms with van der Waals surface area (Å²) in [5, 5.41) is 0. The predicted molar refractivity (Wildman–Crippen MR) is 68.4 cm³/mol. The van der Waals surface area contributed by atoms with Gasteiger partial charge >= 0.3 is 0 Å². The van der Waals surface area contributed by atoms with Crippen molar-refractivity contribution in [1.82, 2.24) is 4.72 Å². The summed E-state index contributed by atoms with van der Waals surface area (Å²) in [5.41, 5.74) is 0. The molecule has 14 heavy (non-hydrogen) atoms. The first-order chi connectivity index (χ1) is 6.33. The maximum Gasteiger partial charge on any atom is 0.248 e. The van der Waals surface area contributed by atoms with Crippen molar-refractivity contribution in [2.75, 3.05) is 0 Å². The van der Waals surface area contributed by atoms with Gasteiger partial charge in [0.25, 0.3) is 0 Å². The second-order valence-electron chi connectivity index (χ2n) is 3.40. The highest BCUT2D eigenvalue weighted by atomic mass is 80.0. The van der Waals surface area contributed by atoms with Crippen LogP contribution in [0, 0.1) is 0 Å². The van der Waals surface area contributed by atoms with Gasteiger partial charge in [-0.15, -0.1) is 0 Å². The minimum absolute atomic E-state index is 0.0841. The van der Waals surface area contributed by atoms with Crippen LogP contribution in [0.25, 0.3) is 0 Å². The Bertz CT molecular complexity index is 280. The molecule has 0 aromatic carbocycles. The second kappa shape index (κ2) is 5.12. The zero-order chi connectivity index (χ0) is 10.8. The van der Waals surface area contributed by atoms with Gasteiger partial charge in [-0.2, -0.15) is 0 Å². The molecule has 0 spiro atoms. The standard InChI is InChI=1S/C7H12Br3NO2S/c8-7(9,10)14(12,13)11-6-4-2-1-3-5-6/h6,11H,1-5H2. The van der Waals surface area contributed by atoms with Crippen LogP contribution in [0.4, 0.5) is 0 Å². The van der Waals surface area contributed by atoms with Crippen LogP contribution >= 0.6 is 47.8 Å². The molecular weight excluding hydrogens is 402 g/mol. The van der Waals surface area contributed by atoms with Crippen molar-refractivity contribution in [2.45, 2.75) is 39.6 Å². The number of alkyl halides is 3. The van der Waals surface area contributed by atoms with Crippen molar-refractivity contribution in [3.63, 3.8) is 0 Å². The van der Waals surface area contributed by atoms with Crippen molar-refractivity contribution >= 4 is 57.8 Å². The first kappa shape index (κ1) is 13.4. The van der Waals surface area contributed by atoms with Crippen LogP contribution in [-0.2, 0) is 10.0 Å². The zero-order valence-electron chi connectivity index (χ0n) is 7.47. The number of halogens is 3. The van der Waals surface area contributed by atoms with Gasteiger partial charge < -0.3 is 0 Å². The molecule has 0 saturated heterocycles. The summed E-state index contributed by atoms with van der Waals surface area (Å²) >= 11 is 9.03. The van der Waals surface area contributed by atoms with Gasteiger partial charge in [-0.05, 0) is 60.6 Å². The molecule has 7 heteroatoms. The number of rotatable bonds is 2. The highest BCUT2D eigenvalue weighted by Crippen LogP contribution is 2.39. The number of hydrogen-bond acceptors (Lipinski definition) is 2. The summed E-state index contributed by atoms with van der Waals surface area (Å²) < 4.78 is 24.8. The van der Waals surface area contributed by atoms with Crippen LogP contribution in [-0.4, -0.2) is 15.9 Å². The Morgan fingerprint density at radius 2 is 1.57 bits per heavy atom. The minimum Gasteiger partial charge on any atom is -0.209 e. The van der Waals surface area contributed by atoms with Gasteiger partial charge in [0.2, 0.25) is 11.5 Å². The molecule has 1 saturated carbocycles. The molecule has 0 atom stereocenters. The third kappa shape index (κ3) is 3.73. The number of nitrogens with one attached hydrogen (secondary N) is 1. The van der Waals surface area contributed by atoms with Gasteiger partial charge in [0.05, 0.1) is 0 Å². The van der Waals surface area contributed by atoms with Crippen LogP contribution in [0.5, 0.6) is 0 Å². The third-order valence-electron chi connectivity index (χ3n) is 2.23. The number of sulfonamides is 1. The van der Waals surface area contributed by atoms with E-state index in [0.29, 0.717) is 0 Å². The molecule has 0 aromatic heterocycles. The Morgan fingerprint density at radius 3 is 2.00 bits per heavy atom. The average molecular weight is 414 g/mol. The first-order valence-electron chi connectivity index (χ1n) is 4.41. The first-order valence-corrected chi connectivity index (χ1v) is 8.28. The smallest absolute Gasteiger partial charge is 0.209 e. The molecule has 1 aliphatic carbocycles. The second-order valence-corrected chi connectivity index (χ2v) is 13.6. The molecule has 1 N–H and O–H groups in total. The van der Waals surface area contributed by atoms with Gasteiger partial charge in [-0.1, -0.05) is 19.3 Å². The summed E-state index contributed by atoms with van der Waals surface area (Å²) in [6.07, 6.45) is 5.28. The normalized spacial score (nSPS) is 21.1. The van der Waals surface area contributed by atoms with Gasteiger partial charge in [0, 0.05) is 6.04 Å². The fourth-order valence-corrected chi connectivity index (χ4v) is 3.16. The van der Waals surface area contributed by atoms with Crippen molar-refractivity contribution in [3.8, 4) is 0 Å². The third-order valence-corrected chi connectivity index (χ3v) is 7.32. The predicted octanol–water partition coefficient (Wildman–Crippen LogP) is 3.03. The lowest BCUT2D eigenvalue weighted by Crippen LogP contribution is -2.41. The van der Waals surface area contributed by atoms with E-state index in [-0.39, 0.29) is 6.04 Å². The molecule has 84 valence electrons. The van der Waals surface area contributed by atoms with Crippen molar-refractivity contribution < 1.29 is 8.42 Å². The lowest BCUT2D eigenvalue weighted by atomic mass is 9.96. The van der Waals surface area contributed by atoms with Crippen LogP contribution in [0.1, 0.15) is 32.1 Å². The molecule has 0 bridgehead atoms. The highest BCUT2D eigenvalue weighted by Gasteiger charge is 2.37. The van der Waals surface area contributed by atoms with Crippen molar-refractivity contribution in [2.24, 2.45) is 0 Å². The van der Waals surface area contributed by atoms with Gasteiger partial charge in [-0.3, -0.25) is 0 Å². The molecule has 0 amide bonds. The summed E-state index contributed by atoms with van der Waals surface area (Å²) in [6, 6.07) is 0.0841. The molecule has 0 aromatic rings. The van der Waals surface area contributed by atoms with Gasteiger partial charge in [-0.25, -0.2) is 13.1 Å². The number of hydrogen-bond donors (Lipinski definition) is 1.